The van der Waals surface area contributed by atoms with E-state index in [0.29, 0.717) is 13.2 Å². The minimum Gasteiger partial charge on any atom is -0.385 e. The highest BCUT2D eigenvalue weighted by Crippen LogP contribution is 2.28. The Labute approximate surface area is 112 Å². The van der Waals surface area contributed by atoms with E-state index < -0.39 is 11.9 Å². The van der Waals surface area contributed by atoms with Crippen LogP contribution in [0.4, 0.5) is 4.39 Å². The van der Waals surface area contributed by atoms with Crippen LogP contribution in [0.3, 0.4) is 0 Å². The lowest BCUT2D eigenvalue weighted by Gasteiger charge is -2.23. The number of benzene rings is 1. The molecule has 18 heavy (non-hydrogen) atoms. The van der Waals surface area contributed by atoms with Crippen LogP contribution < -0.4 is 0 Å². The van der Waals surface area contributed by atoms with E-state index in [1.807, 2.05) is 0 Å². The minimum absolute atomic E-state index is 0.238. The van der Waals surface area contributed by atoms with Crippen molar-refractivity contribution in [3.05, 3.63) is 34.6 Å². The normalized spacial score (nSPS) is 12.4. The fourth-order valence-electron chi connectivity index (χ4n) is 1.74. The van der Waals surface area contributed by atoms with Crippen molar-refractivity contribution in [2.24, 2.45) is 0 Å². The van der Waals surface area contributed by atoms with Crippen molar-refractivity contribution < 1.29 is 9.13 Å². The topological polar surface area (TPSA) is 36.3 Å². The molecule has 3 nitrogen and oxygen atoms in total. The number of ether oxygens (including phenoxy) is 1. The van der Waals surface area contributed by atoms with Gasteiger partial charge in [0, 0.05) is 30.8 Å². The van der Waals surface area contributed by atoms with Gasteiger partial charge in [0.05, 0.1) is 6.07 Å². The zero-order valence-electron chi connectivity index (χ0n) is 10.5. The van der Waals surface area contributed by atoms with Crippen molar-refractivity contribution in [1.29, 1.82) is 5.26 Å². The Morgan fingerprint density at radius 1 is 1.56 bits per heavy atom. The fraction of sp³-hybridized carbons (Fsp3) is 0.462. The second-order valence-electron chi connectivity index (χ2n) is 3.99. The van der Waals surface area contributed by atoms with E-state index in [-0.39, 0.29) is 10.6 Å². The predicted molar refractivity (Wildman–Crippen MR) is 68.9 cm³/mol. The monoisotopic (exact) mass is 270 g/mol. The molecule has 0 aliphatic heterocycles. The van der Waals surface area contributed by atoms with Crippen molar-refractivity contribution in [3.8, 4) is 6.07 Å². The van der Waals surface area contributed by atoms with Gasteiger partial charge in [0.2, 0.25) is 0 Å². The highest BCUT2D eigenvalue weighted by Gasteiger charge is 2.22. The molecule has 0 saturated carbocycles. The van der Waals surface area contributed by atoms with Gasteiger partial charge in [-0.2, -0.15) is 5.26 Å². The summed E-state index contributed by atoms with van der Waals surface area (Å²) in [5, 5.41) is 9.48. The van der Waals surface area contributed by atoms with Gasteiger partial charge in [0.15, 0.2) is 0 Å². The molecule has 1 rings (SSSR count). The molecule has 0 aliphatic rings. The maximum absolute atomic E-state index is 13.7. The van der Waals surface area contributed by atoms with Crippen LogP contribution >= 0.6 is 11.6 Å². The molecule has 0 aliphatic carbocycles. The van der Waals surface area contributed by atoms with Crippen LogP contribution in [0.1, 0.15) is 18.0 Å². The van der Waals surface area contributed by atoms with Crippen molar-refractivity contribution in [2.45, 2.75) is 12.5 Å². The van der Waals surface area contributed by atoms with Gasteiger partial charge in [-0.05, 0) is 25.6 Å². The van der Waals surface area contributed by atoms with E-state index in [0.717, 1.165) is 6.42 Å². The maximum atomic E-state index is 13.7. The van der Waals surface area contributed by atoms with E-state index in [1.165, 1.54) is 12.1 Å². The molecule has 0 aromatic heterocycles. The van der Waals surface area contributed by atoms with Crippen LogP contribution in [0.5, 0.6) is 0 Å². The zero-order chi connectivity index (χ0) is 13.5. The first-order chi connectivity index (χ1) is 8.61. The Balaban J connectivity index is 2.86. The quantitative estimate of drug-likeness (QED) is 0.746. The van der Waals surface area contributed by atoms with Crippen LogP contribution in [0.15, 0.2) is 18.2 Å². The maximum Gasteiger partial charge on any atom is 0.130 e. The molecule has 0 bridgehead atoms. The molecule has 0 unspecified atom stereocenters. The summed E-state index contributed by atoms with van der Waals surface area (Å²) in [6.45, 7) is 1.24. The number of methoxy groups -OCH3 is 1. The lowest BCUT2D eigenvalue weighted by atomic mass is 10.1. The number of rotatable bonds is 6. The third kappa shape index (κ3) is 3.67. The van der Waals surface area contributed by atoms with Gasteiger partial charge in [-0.15, -0.1) is 0 Å². The number of halogens is 2. The lowest BCUT2D eigenvalue weighted by molar-refractivity contribution is 0.173. The highest BCUT2D eigenvalue weighted by atomic mass is 35.5. The summed E-state index contributed by atoms with van der Waals surface area (Å²) in [5.41, 5.74) is 0.238. The van der Waals surface area contributed by atoms with E-state index >= 15 is 0 Å². The average Bonchev–Trinajstić information content (AvgIpc) is 2.34. The molecule has 1 atom stereocenters. The van der Waals surface area contributed by atoms with E-state index in [4.69, 9.17) is 16.3 Å². The Bertz CT molecular complexity index is 413. The van der Waals surface area contributed by atoms with Crippen molar-refractivity contribution >= 4 is 11.6 Å². The average molecular weight is 271 g/mol. The first kappa shape index (κ1) is 14.9. The van der Waals surface area contributed by atoms with Gasteiger partial charge in [0.1, 0.15) is 11.9 Å². The lowest BCUT2D eigenvalue weighted by Crippen LogP contribution is -2.26. The molecule has 0 spiro atoms. The summed E-state index contributed by atoms with van der Waals surface area (Å²) in [7, 11) is 3.39. The van der Waals surface area contributed by atoms with E-state index in [1.54, 1.807) is 25.1 Å². The summed E-state index contributed by atoms with van der Waals surface area (Å²) in [6, 6.07) is 5.84. The summed E-state index contributed by atoms with van der Waals surface area (Å²) in [4.78, 5) is 1.77. The summed E-state index contributed by atoms with van der Waals surface area (Å²) >= 11 is 5.97. The van der Waals surface area contributed by atoms with Crippen LogP contribution in [-0.4, -0.2) is 32.2 Å². The Morgan fingerprint density at radius 3 is 2.83 bits per heavy atom. The Morgan fingerprint density at radius 2 is 2.28 bits per heavy atom. The zero-order valence-corrected chi connectivity index (χ0v) is 11.2. The van der Waals surface area contributed by atoms with Gasteiger partial charge >= 0.3 is 0 Å². The van der Waals surface area contributed by atoms with Crippen molar-refractivity contribution in [3.63, 3.8) is 0 Å². The number of nitriles is 1. The Kier molecular flexibility index (Phi) is 6.06. The Hall–Kier alpha value is -1.15. The molecule has 0 saturated heterocycles. The molecule has 1 aromatic carbocycles. The van der Waals surface area contributed by atoms with E-state index in [9.17, 15) is 9.65 Å². The molecular weight excluding hydrogens is 255 g/mol. The third-order valence-corrected chi connectivity index (χ3v) is 3.03. The highest BCUT2D eigenvalue weighted by molar-refractivity contribution is 6.31. The van der Waals surface area contributed by atoms with Gasteiger partial charge < -0.3 is 4.74 Å². The summed E-state index contributed by atoms with van der Waals surface area (Å²) in [5.74, 6) is -0.451. The molecule has 0 N–H and O–H groups in total. The molecular formula is C13H16ClFN2O. The number of nitrogens with zero attached hydrogens (tertiary/aromatic N) is 2. The minimum atomic E-state index is -0.685. The predicted octanol–water partition coefficient (Wildman–Crippen LogP) is 3.01. The largest absolute Gasteiger partial charge is 0.385 e. The molecule has 5 heteroatoms. The van der Waals surface area contributed by atoms with Crippen LogP contribution in [-0.2, 0) is 4.74 Å². The van der Waals surface area contributed by atoms with Gasteiger partial charge in [-0.25, -0.2) is 4.39 Å². The molecule has 0 fully saturated rings. The smallest absolute Gasteiger partial charge is 0.130 e. The third-order valence-electron chi connectivity index (χ3n) is 2.70. The summed E-state index contributed by atoms with van der Waals surface area (Å²) in [6.07, 6.45) is 0.775. The second-order valence-corrected chi connectivity index (χ2v) is 4.40. The summed E-state index contributed by atoms with van der Waals surface area (Å²) < 4.78 is 18.7. The fourth-order valence-corrected chi connectivity index (χ4v) is 2.01. The number of hydrogen-bond donors (Lipinski definition) is 0. The molecule has 0 radical (unpaired) electrons. The molecule has 0 heterocycles. The second kappa shape index (κ2) is 7.32. The first-order valence-electron chi connectivity index (χ1n) is 5.64. The van der Waals surface area contributed by atoms with Gasteiger partial charge in [-0.3, -0.25) is 4.90 Å². The van der Waals surface area contributed by atoms with Crippen molar-refractivity contribution in [2.75, 3.05) is 27.3 Å². The van der Waals surface area contributed by atoms with Gasteiger partial charge in [0.25, 0.3) is 0 Å². The van der Waals surface area contributed by atoms with E-state index in [2.05, 4.69) is 6.07 Å². The number of hydrogen-bond acceptors (Lipinski definition) is 3. The van der Waals surface area contributed by atoms with Crippen LogP contribution in [0.2, 0.25) is 5.02 Å². The standard InChI is InChI=1S/C13H16ClFN2O/c1-17(7-4-8-18-2)12(9-16)13-10(14)5-3-6-11(13)15/h3,5-6,12H,4,7-8H2,1-2H3/t12-/m0/s1. The van der Waals surface area contributed by atoms with Crippen LogP contribution in [0.25, 0.3) is 0 Å². The van der Waals surface area contributed by atoms with Gasteiger partial charge in [-0.1, -0.05) is 17.7 Å². The molecule has 1 aromatic rings. The SMILES string of the molecule is COCCCN(C)[C@@H](C#N)c1c(F)cccc1Cl. The first-order valence-corrected chi connectivity index (χ1v) is 6.02. The molecule has 98 valence electrons. The molecule has 0 amide bonds. The van der Waals surface area contributed by atoms with Crippen molar-refractivity contribution in [1.82, 2.24) is 4.90 Å². The van der Waals surface area contributed by atoms with Crippen LogP contribution in [0, 0.1) is 17.1 Å².